The Kier molecular flexibility index (Phi) is 6.69. The normalized spacial score (nSPS) is 52.7. The molecule has 0 aromatic carbocycles. The van der Waals surface area contributed by atoms with Crippen molar-refractivity contribution in [2.24, 2.45) is 52.3 Å². The number of aliphatic hydroxyl groups is 4. The van der Waals surface area contributed by atoms with Crippen LogP contribution in [-0.2, 0) is 0 Å². The Morgan fingerprint density at radius 3 is 2.24 bits per heavy atom. The fourth-order valence-corrected chi connectivity index (χ4v) is 9.92. The molecule has 4 aliphatic rings. The molecule has 0 heterocycles. The highest BCUT2D eigenvalue weighted by Gasteiger charge is 2.70. The molecule has 4 N–H and O–H groups in total. The average molecular weight is 463 g/mol. The van der Waals surface area contributed by atoms with Gasteiger partial charge in [0.15, 0.2) is 0 Å². The van der Waals surface area contributed by atoms with Crippen LogP contribution in [0.15, 0.2) is 12.2 Å². The van der Waals surface area contributed by atoms with Crippen LogP contribution in [-0.4, -0.2) is 44.3 Å². The Hall–Kier alpha value is -0.420. The molecule has 4 saturated carbocycles. The average Bonchev–Trinajstić information content (AvgIpc) is 3.06. The number of allylic oxidation sites excluding steroid dienone is 1. The number of fused-ring (bicyclic) bond motifs is 5. The van der Waals surface area contributed by atoms with Crippen molar-refractivity contribution in [2.75, 3.05) is 0 Å². The Morgan fingerprint density at radius 2 is 1.61 bits per heavy atom. The molecule has 0 aromatic rings. The quantitative estimate of drug-likeness (QED) is 0.436. The molecule has 4 rings (SSSR count). The maximum Gasteiger partial charge on any atom is 0.0827 e. The molecule has 0 aliphatic heterocycles. The van der Waals surface area contributed by atoms with Crippen LogP contribution in [0, 0.1) is 52.3 Å². The van der Waals surface area contributed by atoms with Crippen molar-refractivity contribution in [1.29, 1.82) is 0 Å². The van der Waals surface area contributed by atoms with Gasteiger partial charge in [0, 0.05) is 5.92 Å². The largest absolute Gasteiger partial charge is 0.393 e. The highest BCUT2D eigenvalue weighted by atomic mass is 16.3. The molecule has 33 heavy (non-hydrogen) atoms. The predicted molar refractivity (Wildman–Crippen MR) is 132 cm³/mol. The van der Waals surface area contributed by atoms with E-state index in [4.69, 9.17) is 0 Å². The second-order valence-electron chi connectivity index (χ2n) is 13.6. The lowest BCUT2D eigenvalue weighted by Crippen LogP contribution is -2.70. The molecule has 4 nitrogen and oxygen atoms in total. The molecule has 4 fully saturated rings. The van der Waals surface area contributed by atoms with Gasteiger partial charge in [0.2, 0.25) is 0 Å². The Bertz CT molecular complexity index is 750. The molecule has 0 spiro atoms. The van der Waals surface area contributed by atoms with Gasteiger partial charge in [-0.1, -0.05) is 53.7 Å². The van der Waals surface area contributed by atoms with E-state index in [0.29, 0.717) is 30.6 Å². The summed E-state index contributed by atoms with van der Waals surface area (Å²) in [5.41, 5.74) is 0.00690. The standard InChI is InChI=1S/C29H50O4/c1-16(2)17(3)8-9-18(4)20-10-11-24-27(20,6)15-23(31)26-28(7)14-22(30)25(32)19(5)21(28)12-13-29(24,26)33/h16,18-26,30-33H,3,8-15H2,1-2,4-7H3/t18-,19+,20-,21?,22+,23+,24?,25-,26?,27-,28+,29-/m1/s1. The van der Waals surface area contributed by atoms with Gasteiger partial charge in [-0.3, -0.25) is 0 Å². The van der Waals surface area contributed by atoms with E-state index in [1.165, 1.54) is 5.57 Å². The molecule has 190 valence electrons. The maximum absolute atomic E-state index is 12.4. The minimum absolute atomic E-state index is 0.0192. The first-order chi connectivity index (χ1) is 15.3. The lowest BCUT2D eigenvalue weighted by molar-refractivity contribution is -0.277. The van der Waals surface area contributed by atoms with Crippen molar-refractivity contribution in [2.45, 2.75) is 117 Å². The van der Waals surface area contributed by atoms with Crippen LogP contribution in [0.3, 0.4) is 0 Å². The van der Waals surface area contributed by atoms with E-state index in [1.807, 2.05) is 6.92 Å². The number of aliphatic hydroxyl groups excluding tert-OH is 3. The highest BCUT2D eigenvalue weighted by Crippen LogP contribution is 2.70. The fraction of sp³-hybridized carbons (Fsp3) is 0.931. The maximum atomic E-state index is 12.4. The van der Waals surface area contributed by atoms with Gasteiger partial charge in [-0.15, -0.1) is 0 Å². The molecule has 12 atom stereocenters. The summed E-state index contributed by atoms with van der Waals surface area (Å²) < 4.78 is 0. The van der Waals surface area contributed by atoms with Gasteiger partial charge in [0.1, 0.15) is 0 Å². The van der Waals surface area contributed by atoms with E-state index in [-0.39, 0.29) is 34.5 Å². The molecule has 4 aliphatic carbocycles. The van der Waals surface area contributed by atoms with Crippen molar-refractivity contribution in [3.05, 3.63) is 12.2 Å². The van der Waals surface area contributed by atoms with E-state index in [0.717, 1.165) is 38.5 Å². The zero-order valence-electron chi connectivity index (χ0n) is 21.9. The second kappa shape index (κ2) is 8.61. The highest BCUT2D eigenvalue weighted by molar-refractivity contribution is 5.20. The molecule has 0 saturated heterocycles. The van der Waals surface area contributed by atoms with Gasteiger partial charge in [0.05, 0.1) is 23.9 Å². The van der Waals surface area contributed by atoms with Crippen LogP contribution in [0.2, 0.25) is 0 Å². The molecule has 0 radical (unpaired) electrons. The summed E-state index contributed by atoms with van der Waals surface area (Å²) in [5.74, 6) is 1.72. The fourth-order valence-electron chi connectivity index (χ4n) is 9.92. The minimum atomic E-state index is -0.893. The summed E-state index contributed by atoms with van der Waals surface area (Å²) in [4.78, 5) is 0. The van der Waals surface area contributed by atoms with Gasteiger partial charge in [0.25, 0.3) is 0 Å². The van der Waals surface area contributed by atoms with Crippen LogP contribution < -0.4 is 0 Å². The van der Waals surface area contributed by atoms with Gasteiger partial charge in [-0.25, -0.2) is 0 Å². The van der Waals surface area contributed by atoms with E-state index >= 15 is 0 Å². The van der Waals surface area contributed by atoms with E-state index in [2.05, 4.69) is 41.2 Å². The van der Waals surface area contributed by atoms with Gasteiger partial charge in [-0.05, 0) is 97.7 Å². The topological polar surface area (TPSA) is 80.9 Å². The van der Waals surface area contributed by atoms with Crippen LogP contribution in [0.1, 0.15) is 92.9 Å². The van der Waals surface area contributed by atoms with E-state index in [1.54, 1.807) is 0 Å². The van der Waals surface area contributed by atoms with Crippen molar-refractivity contribution < 1.29 is 20.4 Å². The first-order valence-corrected chi connectivity index (χ1v) is 13.7. The first kappa shape index (κ1) is 25.7. The van der Waals surface area contributed by atoms with Crippen molar-refractivity contribution in [1.82, 2.24) is 0 Å². The first-order valence-electron chi connectivity index (χ1n) is 13.7. The molecule has 3 unspecified atom stereocenters. The van der Waals surface area contributed by atoms with Crippen molar-refractivity contribution in [3.8, 4) is 0 Å². The lowest BCUT2D eigenvalue weighted by Gasteiger charge is -2.67. The van der Waals surface area contributed by atoms with E-state index < -0.39 is 23.9 Å². The summed E-state index contributed by atoms with van der Waals surface area (Å²) in [6.45, 7) is 17.6. The zero-order chi connectivity index (χ0) is 24.5. The molecule has 0 bridgehead atoms. The monoisotopic (exact) mass is 462 g/mol. The summed E-state index contributed by atoms with van der Waals surface area (Å²) in [7, 11) is 0. The van der Waals surface area contributed by atoms with Crippen LogP contribution in [0.5, 0.6) is 0 Å². The van der Waals surface area contributed by atoms with Gasteiger partial charge in [-0.2, -0.15) is 0 Å². The smallest absolute Gasteiger partial charge is 0.0827 e. The summed E-state index contributed by atoms with van der Waals surface area (Å²) in [5, 5.41) is 45.4. The Balaban J connectivity index is 1.60. The SMILES string of the molecule is C=C(CC[C@@H](C)[C@H]1CCC2[C@]3(O)CCC4[C@H](C)[C@@H](O)[C@@H](O)C[C@]4(C)C3[C@@H](O)C[C@@]21C)C(C)C. The molecular weight excluding hydrogens is 412 g/mol. The summed E-state index contributed by atoms with van der Waals surface area (Å²) in [6, 6.07) is 0. The second-order valence-corrected chi connectivity index (χ2v) is 13.6. The van der Waals surface area contributed by atoms with Crippen LogP contribution in [0.25, 0.3) is 0 Å². The van der Waals surface area contributed by atoms with E-state index in [9.17, 15) is 20.4 Å². The third-order valence-corrected chi connectivity index (χ3v) is 11.6. The predicted octanol–water partition coefficient (Wildman–Crippen LogP) is 4.94. The lowest BCUT2D eigenvalue weighted by atomic mass is 9.40. The molecule has 4 heteroatoms. The third-order valence-electron chi connectivity index (χ3n) is 11.6. The number of hydrogen-bond acceptors (Lipinski definition) is 4. The summed E-state index contributed by atoms with van der Waals surface area (Å²) in [6.07, 6.45) is 5.04. The van der Waals surface area contributed by atoms with Gasteiger partial charge < -0.3 is 20.4 Å². The van der Waals surface area contributed by atoms with Crippen molar-refractivity contribution in [3.63, 3.8) is 0 Å². The van der Waals surface area contributed by atoms with Crippen molar-refractivity contribution >= 4 is 0 Å². The number of hydrogen-bond donors (Lipinski definition) is 4. The van der Waals surface area contributed by atoms with Crippen LogP contribution in [0.4, 0.5) is 0 Å². The summed E-state index contributed by atoms with van der Waals surface area (Å²) >= 11 is 0. The molecular formula is C29H50O4. The number of rotatable bonds is 5. The third kappa shape index (κ3) is 3.77. The van der Waals surface area contributed by atoms with Crippen LogP contribution >= 0.6 is 0 Å². The Morgan fingerprint density at radius 1 is 0.970 bits per heavy atom. The zero-order valence-corrected chi connectivity index (χ0v) is 21.9. The Labute approximate surface area is 201 Å². The molecule has 0 amide bonds. The minimum Gasteiger partial charge on any atom is -0.393 e. The van der Waals surface area contributed by atoms with Gasteiger partial charge >= 0.3 is 0 Å². The molecule has 0 aromatic heterocycles.